The molecule has 0 aliphatic heterocycles. The topological polar surface area (TPSA) is 94.9 Å². The van der Waals surface area contributed by atoms with Crippen LogP contribution in [0.25, 0.3) is 0 Å². The summed E-state index contributed by atoms with van der Waals surface area (Å²) in [6.45, 7) is 4.00. The number of aromatic nitrogens is 2. The molecule has 5 nitrogen and oxygen atoms in total. The van der Waals surface area contributed by atoms with Crippen LogP contribution in [0, 0.1) is 0 Å². The van der Waals surface area contributed by atoms with Crippen LogP contribution in [0.15, 0.2) is 12.4 Å². The maximum absolute atomic E-state index is 10.4. The smallest absolute Gasteiger partial charge is 0.251 e. The van der Waals surface area contributed by atoms with Gasteiger partial charge in [0.25, 0.3) is 5.91 Å². The highest BCUT2D eigenvalue weighted by atomic mass is 16.1. The van der Waals surface area contributed by atoms with E-state index in [1.807, 2.05) is 13.8 Å². The molecule has 0 bridgehead atoms. The van der Waals surface area contributed by atoms with E-state index in [0.717, 1.165) is 0 Å². The van der Waals surface area contributed by atoms with Gasteiger partial charge in [-0.05, 0) is 0 Å². The van der Waals surface area contributed by atoms with Gasteiger partial charge >= 0.3 is 0 Å². The molecule has 5 heteroatoms. The molecule has 0 spiro atoms. The summed E-state index contributed by atoms with van der Waals surface area (Å²) in [5.74, 6) is -0.426. The summed E-state index contributed by atoms with van der Waals surface area (Å²) < 4.78 is 0. The van der Waals surface area contributed by atoms with Gasteiger partial charge in [0.1, 0.15) is 0 Å². The summed E-state index contributed by atoms with van der Waals surface area (Å²) in [6.07, 6.45) is 2.56. The molecular formula is C7H16N4O. The Balaban J connectivity index is -0.000000284. The highest BCUT2D eigenvalue weighted by molar-refractivity contribution is 5.92. The third-order valence-electron chi connectivity index (χ3n) is 0.956. The van der Waals surface area contributed by atoms with Crippen molar-refractivity contribution in [3.63, 3.8) is 0 Å². The minimum absolute atomic E-state index is 0. The first kappa shape index (κ1) is 10.3. The second-order valence-electron chi connectivity index (χ2n) is 1.69. The van der Waals surface area contributed by atoms with Gasteiger partial charge < -0.3 is 11.5 Å². The number of anilines is 1. The zero-order chi connectivity index (χ0) is 9.56. The number of primary amides is 1. The first-order valence-electron chi connectivity index (χ1n) is 3.57. The molecule has 1 aromatic rings. The summed E-state index contributed by atoms with van der Waals surface area (Å²) in [7, 11) is 0. The molecule has 1 rings (SSSR count). The summed E-state index contributed by atoms with van der Waals surface area (Å²) in [4.78, 5) is 17.5. The second kappa shape index (κ2) is 5.06. The fourth-order valence-corrected chi connectivity index (χ4v) is 0.465. The van der Waals surface area contributed by atoms with E-state index in [4.69, 9.17) is 11.5 Å². The van der Waals surface area contributed by atoms with E-state index in [0.29, 0.717) is 0 Å². The molecule has 0 aromatic carbocycles. The Kier molecular flexibility index (Phi) is 4.36. The molecule has 1 aromatic heterocycles. The van der Waals surface area contributed by atoms with Crippen molar-refractivity contribution in [2.45, 2.75) is 13.8 Å². The van der Waals surface area contributed by atoms with Gasteiger partial charge in [0.15, 0.2) is 0 Å². The highest BCUT2D eigenvalue weighted by Crippen LogP contribution is 1.93. The quantitative estimate of drug-likeness (QED) is 0.651. The Morgan fingerprint density at radius 1 is 1.42 bits per heavy atom. The number of nitrogen functional groups attached to an aromatic ring is 1. The van der Waals surface area contributed by atoms with Crippen LogP contribution in [0.5, 0.6) is 0 Å². The van der Waals surface area contributed by atoms with E-state index >= 15 is 0 Å². The predicted molar refractivity (Wildman–Crippen MR) is 50.5 cm³/mol. The van der Waals surface area contributed by atoms with Gasteiger partial charge in [-0.25, -0.2) is 9.97 Å². The largest absolute Gasteiger partial charge is 0.368 e. The van der Waals surface area contributed by atoms with Crippen LogP contribution < -0.4 is 11.5 Å². The molecule has 0 aliphatic rings. The first-order valence-corrected chi connectivity index (χ1v) is 3.57. The van der Waals surface area contributed by atoms with E-state index in [1.54, 1.807) is 0 Å². The van der Waals surface area contributed by atoms with Gasteiger partial charge in [-0.1, -0.05) is 13.8 Å². The Bertz CT molecular complexity index is 252. The monoisotopic (exact) mass is 172 g/mol. The number of hydrogen-bond donors (Lipinski definition) is 2. The van der Waals surface area contributed by atoms with Gasteiger partial charge in [0.05, 0.1) is 5.56 Å². The molecule has 1 amide bonds. The van der Waals surface area contributed by atoms with Gasteiger partial charge in [-0.2, -0.15) is 0 Å². The van der Waals surface area contributed by atoms with E-state index < -0.39 is 5.91 Å². The van der Waals surface area contributed by atoms with Gasteiger partial charge in [-0.15, -0.1) is 0 Å². The number of carbonyl (C=O) groups is 1. The molecule has 0 aliphatic carbocycles. The zero-order valence-electron chi connectivity index (χ0n) is 7.11. The number of hydrogen-bond acceptors (Lipinski definition) is 4. The van der Waals surface area contributed by atoms with Crippen molar-refractivity contribution < 1.29 is 7.65 Å². The van der Waals surface area contributed by atoms with Gasteiger partial charge in [0, 0.05) is 15.2 Å². The molecule has 0 saturated carbocycles. The zero-order valence-corrected chi connectivity index (χ0v) is 7.11. The lowest BCUT2D eigenvalue weighted by molar-refractivity contribution is 0.0999. The van der Waals surface area contributed by atoms with Crippen molar-refractivity contribution in [1.29, 1.82) is 0 Å². The number of carbonyl (C=O) groups excluding carboxylic acids is 1. The van der Waals surface area contributed by atoms with Crippen molar-refractivity contribution in [3.05, 3.63) is 18.0 Å². The Labute approximate surface area is 73.8 Å². The van der Waals surface area contributed by atoms with Crippen molar-refractivity contribution >= 4 is 11.9 Å². The van der Waals surface area contributed by atoms with E-state index in [2.05, 4.69) is 9.97 Å². The van der Waals surface area contributed by atoms with Crippen LogP contribution in [-0.2, 0) is 0 Å². The SMILES string of the molecule is CC.NC(=O)c1cnc(N)nc1.[HH].[HH]. The van der Waals surface area contributed by atoms with Crippen molar-refractivity contribution in [2.75, 3.05) is 5.73 Å². The van der Waals surface area contributed by atoms with E-state index in [9.17, 15) is 4.79 Å². The first-order chi connectivity index (χ1) is 5.70. The Morgan fingerprint density at radius 3 is 2.17 bits per heavy atom. The minimum Gasteiger partial charge on any atom is -0.368 e. The lowest BCUT2D eigenvalue weighted by atomic mass is 10.3. The lowest BCUT2D eigenvalue weighted by Crippen LogP contribution is -2.12. The normalized spacial score (nSPS) is 8.17. The maximum Gasteiger partial charge on any atom is 0.251 e. The Hall–Kier alpha value is -1.65. The molecule has 0 atom stereocenters. The maximum atomic E-state index is 10.4. The molecule has 4 N–H and O–H groups in total. The summed E-state index contributed by atoms with van der Waals surface area (Å²) >= 11 is 0. The molecular weight excluding hydrogens is 156 g/mol. The van der Waals surface area contributed by atoms with Crippen LogP contribution in [0.3, 0.4) is 0 Å². The predicted octanol–water partition coefficient (Wildman–Crippen LogP) is 0.676. The second-order valence-corrected chi connectivity index (χ2v) is 1.69. The fraction of sp³-hybridized carbons (Fsp3) is 0.286. The number of rotatable bonds is 1. The minimum atomic E-state index is -0.556. The highest BCUT2D eigenvalue weighted by Gasteiger charge is 1.98. The average Bonchev–Trinajstić information content (AvgIpc) is 2.09. The molecule has 0 radical (unpaired) electrons. The number of nitrogens with two attached hydrogens (primary N) is 2. The molecule has 1 heterocycles. The van der Waals surface area contributed by atoms with Crippen LogP contribution in [0.4, 0.5) is 5.95 Å². The van der Waals surface area contributed by atoms with Crippen LogP contribution in [0.1, 0.15) is 27.1 Å². The third kappa shape index (κ3) is 2.96. The van der Waals surface area contributed by atoms with Crippen molar-refractivity contribution in [1.82, 2.24) is 9.97 Å². The number of nitrogens with zero attached hydrogens (tertiary/aromatic N) is 2. The number of amides is 1. The van der Waals surface area contributed by atoms with Crippen LogP contribution >= 0.6 is 0 Å². The fourth-order valence-electron chi connectivity index (χ4n) is 0.465. The summed E-state index contributed by atoms with van der Waals surface area (Å²) in [5, 5.41) is 0. The lowest BCUT2D eigenvalue weighted by Gasteiger charge is -1.92. The van der Waals surface area contributed by atoms with Crippen LogP contribution in [0.2, 0.25) is 0 Å². The molecule has 0 unspecified atom stereocenters. The van der Waals surface area contributed by atoms with Gasteiger partial charge in [0.2, 0.25) is 5.95 Å². The molecule has 70 valence electrons. The molecule has 0 fully saturated rings. The standard InChI is InChI=1S/C5H6N4O.C2H6.2H2/c6-4(10)3-1-8-5(7)9-2-3;1-2;;/h1-2H,(H2,6,10)(H2,7,8,9);1-2H3;2*1H. The summed E-state index contributed by atoms with van der Waals surface area (Å²) in [5.41, 5.74) is 10.3. The van der Waals surface area contributed by atoms with Gasteiger partial charge in [-0.3, -0.25) is 4.79 Å². The Morgan fingerprint density at radius 2 is 1.83 bits per heavy atom. The van der Waals surface area contributed by atoms with Crippen LogP contribution in [-0.4, -0.2) is 15.9 Å². The van der Waals surface area contributed by atoms with E-state index in [-0.39, 0.29) is 14.4 Å². The average molecular weight is 172 g/mol. The third-order valence-corrected chi connectivity index (χ3v) is 0.956. The van der Waals surface area contributed by atoms with E-state index in [1.165, 1.54) is 12.4 Å². The molecule has 0 saturated heterocycles. The van der Waals surface area contributed by atoms with Crippen molar-refractivity contribution in [2.24, 2.45) is 5.73 Å². The summed E-state index contributed by atoms with van der Waals surface area (Å²) in [6, 6.07) is 0. The molecule has 12 heavy (non-hydrogen) atoms. The van der Waals surface area contributed by atoms with Crippen molar-refractivity contribution in [3.8, 4) is 0 Å².